The summed E-state index contributed by atoms with van der Waals surface area (Å²) in [6.07, 6.45) is 26.5. The van der Waals surface area contributed by atoms with E-state index >= 15 is 0 Å². The second-order valence-electron chi connectivity index (χ2n) is 21.6. The van der Waals surface area contributed by atoms with Crippen molar-refractivity contribution in [1.29, 1.82) is 0 Å². The Morgan fingerprint density at radius 2 is 1.03 bits per heavy atom. The number of hydrogen-bond acceptors (Lipinski definition) is 4. The standard InChI is InChI=1S/C29H25NO.C20H27NSi.C17H19N.Ir/c1-3-9-20(10-4-1)22-17-18-30-26(19-22)24-16-15-23(21-11-5-2-6-12-21)28-25-13-7-8-14-27(25)31-29(24)28;1-22(2,3)20-15-21-19(17-11-5-4-6-12-17)14-18(20)13-16-9-7-8-10-16;1-2-8-16(9-3-1)17-13-15(10-11-18-17)12-14-6-4-5-7-14;/h2,5-8,11-20H,1,3-4,9-10H2;4-6,11-12,14-16H,7-10,13H2,1-3H3;1-3,8-11,13-14H,4-7,12H2;. The molecule has 0 atom stereocenters. The zero-order valence-electron chi connectivity index (χ0n) is 42.7. The molecule has 3 saturated carbocycles. The average Bonchev–Trinajstić information content (AvgIpc) is 4.23. The fourth-order valence-electron chi connectivity index (χ4n) is 11.7. The summed E-state index contributed by atoms with van der Waals surface area (Å²) < 4.78 is 6.45. The van der Waals surface area contributed by atoms with Gasteiger partial charge in [0.25, 0.3) is 0 Å². The van der Waals surface area contributed by atoms with Crippen LogP contribution in [0.1, 0.15) is 106 Å². The van der Waals surface area contributed by atoms with Crippen molar-refractivity contribution >= 4 is 35.2 Å². The molecule has 3 aliphatic rings. The number of fused-ring (bicyclic) bond motifs is 3. The van der Waals surface area contributed by atoms with Gasteiger partial charge in [-0.1, -0.05) is 206 Å². The first-order valence-electron chi connectivity index (χ1n) is 26.9. The van der Waals surface area contributed by atoms with Crippen LogP contribution in [-0.4, -0.2) is 23.0 Å². The Morgan fingerprint density at radius 3 is 1.68 bits per heavy atom. The van der Waals surface area contributed by atoms with E-state index in [-0.39, 0.29) is 20.1 Å². The van der Waals surface area contributed by atoms with Gasteiger partial charge >= 0.3 is 0 Å². The zero-order valence-corrected chi connectivity index (χ0v) is 46.1. The summed E-state index contributed by atoms with van der Waals surface area (Å²) >= 11 is 0. The van der Waals surface area contributed by atoms with Gasteiger partial charge in [-0.05, 0) is 119 Å². The molecule has 0 unspecified atom stereocenters. The van der Waals surface area contributed by atoms with Gasteiger partial charge in [-0.2, -0.15) is 0 Å². The maximum atomic E-state index is 6.45. The number of para-hydroxylation sites is 1. The SMILES string of the molecule is C[Si](C)(C)c1cnc(-c2ccccc2)cc1CC1CCCC1.[Ir].c1ccc(-c2cc(CC3CCCC3)ccn2)cc1.c1ccc(-c2ccc(-c3cc(C4CCCCC4)ccn3)c3oc4ccccc4c23)cc1. The Balaban J connectivity index is 0.000000138. The average molecular weight is 1140 g/mol. The molecule has 0 saturated heterocycles. The minimum atomic E-state index is -1.34. The number of pyridine rings is 3. The van der Waals surface area contributed by atoms with Crippen molar-refractivity contribution in [2.45, 2.75) is 122 Å². The summed E-state index contributed by atoms with van der Waals surface area (Å²) in [4.78, 5) is 14.0. The van der Waals surface area contributed by atoms with E-state index in [4.69, 9.17) is 14.4 Å². The van der Waals surface area contributed by atoms with Gasteiger partial charge in [0.05, 0.1) is 25.2 Å². The van der Waals surface area contributed by atoms with Crippen molar-refractivity contribution in [2.24, 2.45) is 11.8 Å². The number of aromatic nitrogens is 3. The molecule has 3 fully saturated rings. The molecule has 369 valence electrons. The Bertz CT molecular complexity index is 3130. The summed E-state index contributed by atoms with van der Waals surface area (Å²) in [5.74, 6) is 2.45. The van der Waals surface area contributed by atoms with E-state index in [0.29, 0.717) is 5.92 Å². The van der Waals surface area contributed by atoms with Crippen LogP contribution in [0.5, 0.6) is 0 Å². The van der Waals surface area contributed by atoms with Gasteiger partial charge in [0, 0.05) is 66.2 Å². The molecule has 4 nitrogen and oxygen atoms in total. The maximum absolute atomic E-state index is 6.45. The van der Waals surface area contributed by atoms with Crippen molar-refractivity contribution in [1.82, 2.24) is 15.0 Å². The van der Waals surface area contributed by atoms with Crippen molar-refractivity contribution in [3.8, 4) is 44.9 Å². The summed E-state index contributed by atoms with van der Waals surface area (Å²) in [5, 5.41) is 3.88. The van der Waals surface area contributed by atoms with E-state index in [1.165, 1.54) is 135 Å². The molecular formula is C66H71IrN3OSi. The first-order valence-corrected chi connectivity index (χ1v) is 30.4. The predicted octanol–water partition coefficient (Wildman–Crippen LogP) is 17.9. The van der Waals surface area contributed by atoms with E-state index in [9.17, 15) is 0 Å². The zero-order chi connectivity index (χ0) is 48.4. The van der Waals surface area contributed by atoms with Crippen LogP contribution in [0.25, 0.3) is 66.8 Å². The predicted molar refractivity (Wildman–Crippen MR) is 302 cm³/mol. The first kappa shape index (κ1) is 51.1. The molecule has 0 aliphatic heterocycles. The fourth-order valence-corrected chi connectivity index (χ4v) is 13.3. The molecule has 4 aromatic heterocycles. The van der Waals surface area contributed by atoms with Gasteiger partial charge in [0.15, 0.2) is 0 Å². The second-order valence-corrected chi connectivity index (χ2v) is 26.6. The van der Waals surface area contributed by atoms with E-state index in [0.717, 1.165) is 51.0 Å². The van der Waals surface area contributed by atoms with Crippen LogP contribution in [0, 0.1) is 11.8 Å². The second kappa shape index (κ2) is 24.3. The third kappa shape index (κ3) is 12.5. The molecular weight excluding hydrogens is 1070 g/mol. The van der Waals surface area contributed by atoms with Crippen molar-refractivity contribution in [3.05, 3.63) is 193 Å². The summed E-state index contributed by atoms with van der Waals surface area (Å²) in [5.41, 5.74) is 15.4. The van der Waals surface area contributed by atoms with E-state index in [1.54, 1.807) is 10.8 Å². The third-order valence-corrected chi connectivity index (χ3v) is 17.6. The number of nitrogens with zero attached hydrogens (tertiary/aromatic N) is 3. The summed E-state index contributed by atoms with van der Waals surface area (Å²) in [7, 11) is -1.34. The summed E-state index contributed by atoms with van der Waals surface area (Å²) in [6.45, 7) is 7.30. The number of furan rings is 1. The van der Waals surface area contributed by atoms with Gasteiger partial charge in [0.1, 0.15) is 11.2 Å². The molecule has 9 aromatic rings. The smallest absolute Gasteiger partial charge is 0.145 e. The minimum absolute atomic E-state index is 0. The number of hydrogen-bond donors (Lipinski definition) is 0. The van der Waals surface area contributed by atoms with Crippen LogP contribution in [0.3, 0.4) is 0 Å². The molecule has 4 heterocycles. The molecule has 5 aromatic carbocycles. The van der Waals surface area contributed by atoms with Crippen LogP contribution >= 0.6 is 0 Å². The molecule has 0 amide bonds. The summed E-state index contributed by atoms with van der Waals surface area (Å²) in [6, 6.07) is 55.6. The van der Waals surface area contributed by atoms with Crippen molar-refractivity contribution in [2.75, 3.05) is 0 Å². The Kier molecular flexibility index (Phi) is 17.3. The Labute approximate surface area is 443 Å². The molecule has 0 spiro atoms. The topological polar surface area (TPSA) is 51.8 Å². The van der Waals surface area contributed by atoms with Crippen LogP contribution in [0.2, 0.25) is 19.6 Å². The van der Waals surface area contributed by atoms with Gasteiger partial charge in [-0.3, -0.25) is 15.0 Å². The van der Waals surface area contributed by atoms with E-state index < -0.39 is 8.07 Å². The maximum Gasteiger partial charge on any atom is 0.145 e. The van der Waals surface area contributed by atoms with Crippen molar-refractivity contribution in [3.63, 3.8) is 0 Å². The molecule has 0 bridgehead atoms. The van der Waals surface area contributed by atoms with Crippen LogP contribution in [0.15, 0.2) is 181 Å². The Hall–Kier alpha value is -5.78. The molecule has 6 heteroatoms. The number of rotatable bonds is 10. The molecule has 12 rings (SSSR count). The largest absolute Gasteiger partial charge is 0.455 e. The molecule has 0 N–H and O–H groups in total. The molecule has 3 aliphatic carbocycles. The van der Waals surface area contributed by atoms with E-state index in [1.807, 2.05) is 24.5 Å². The van der Waals surface area contributed by atoms with Gasteiger partial charge in [-0.25, -0.2) is 0 Å². The quantitative estimate of drug-likeness (QED) is 0.128. The monoisotopic (exact) mass is 1140 g/mol. The van der Waals surface area contributed by atoms with E-state index in [2.05, 4.69) is 176 Å². The van der Waals surface area contributed by atoms with Crippen LogP contribution in [-0.2, 0) is 32.9 Å². The van der Waals surface area contributed by atoms with Gasteiger partial charge < -0.3 is 4.42 Å². The molecule has 1 radical (unpaired) electrons. The number of benzene rings is 5. The van der Waals surface area contributed by atoms with Gasteiger partial charge in [0.2, 0.25) is 0 Å². The minimum Gasteiger partial charge on any atom is -0.455 e. The third-order valence-electron chi connectivity index (χ3n) is 15.5. The van der Waals surface area contributed by atoms with Crippen molar-refractivity contribution < 1.29 is 24.5 Å². The van der Waals surface area contributed by atoms with Crippen LogP contribution < -0.4 is 5.19 Å². The Morgan fingerprint density at radius 1 is 0.486 bits per heavy atom. The normalized spacial score (nSPS) is 15.4. The van der Waals surface area contributed by atoms with Crippen LogP contribution in [0.4, 0.5) is 0 Å². The fraction of sp³-hybridized carbons (Fsp3) is 0.318. The van der Waals surface area contributed by atoms with Gasteiger partial charge in [-0.15, -0.1) is 0 Å². The molecule has 72 heavy (non-hydrogen) atoms. The first-order chi connectivity index (χ1) is 34.8.